The highest BCUT2D eigenvalue weighted by atomic mass is 15.1. The first kappa shape index (κ1) is 11.7. The minimum Gasteiger partial charge on any atom is -0.399 e. The molecule has 0 saturated carbocycles. The molecule has 1 aromatic heterocycles. The van der Waals surface area contributed by atoms with Gasteiger partial charge in [-0.3, -0.25) is 0 Å². The summed E-state index contributed by atoms with van der Waals surface area (Å²) < 4.78 is 2.23. The normalized spacial score (nSPS) is 12.6. The van der Waals surface area contributed by atoms with Crippen LogP contribution in [-0.2, 0) is 6.42 Å². The van der Waals surface area contributed by atoms with Gasteiger partial charge in [-0.25, -0.2) is 4.98 Å². The van der Waals surface area contributed by atoms with Crippen LogP contribution in [0.1, 0.15) is 37.6 Å². The van der Waals surface area contributed by atoms with Gasteiger partial charge in [-0.1, -0.05) is 25.5 Å². The summed E-state index contributed by atoms with van der Waals surface area (Å²) in [6.07, 6.45) is 6.07. The molecule has 0 spiro atoms. The zero-order chi connectivity index (χ0) is 12.3. The molecule has 2 aromatic rings. The predicted molar refractivity (Wildman–Crippen MR) is 70.9 cm³/mol. The fraction of sp³-hybridized carbons (Fsp3) is 0.357. The fourth-order valence-corrected chi connectivity index (χ4v) is 2.07. The average molecular weight is 229 g/mol. The monoisotopic (exact) mass is 229 g/mol. The average Bonchev–Trinajstić information content (AvgIpc) is 2.78. The maximum absolute atomic E-state index is 5.70. The second-order valence-corrected chi connectivity index (χ2v) is 4.38. The van der Waals surface area contributed by atoms with E-state index in [1.54, 1.807) is 0 Å². The molecule has 2 N–H and O–H groups in total. The number of nitrogens with two attached hydrogens (primary N) is 1. The number of nitrogens with zero attached hydrogens (tertiary/aromatic N) is 2. The zero-order valence-corrected chi connectivity index (χ0v) is 10.4. The fourth-order valence-electron chi connectivity index (χ4n) is 2.07. The molecule has 0 amide bonds. The minimum atomic E-state index is 0.305. The largest absolute Gasteiger partial charge is 0.399 e. The highest BCUT2D eigenvalue weighted by Gasteiger charge is 2.10. The molecule has 90 valence electrons. The summed E-state index contributed by atoms with van der Waals surface area (Å²) in [4.78, 5) is 4.24. The molecule has 17 heavy (non-hydrogen) atoms. The molecular weight excluding hydrogens is 210 g/mol. The van der Waals surface area contributed by atoms with Crippen molar-refractivity contribution in [2.75, 3.05) is 5.73 Å². The zero-order valence-electron chi connectivity index (χ0n) is 10.4. The van der Waals surface area contributed by atoms with E-state index in [4.69, 9.17) is 5.73 Å². The van der Waals surface area contributed by atoms with Gasteiger partial charge in [-0.05, 0) is 31.0 Å². The van der Waals surface area contributed by atoms with E-state index < -0.39 is 0 Å². The van der Waals surface area contributed by atoms with Crippen molar-refractivity contribution in [3.05, 3.63) is 48.0 Å². The molecule has 0 aliphatic rings. The van der Waals surface area contributed by atoms with E-state index in [2.05, 4.69) is 35.5 Å². The Labute approximate surface area is 102 Å². The summed E-state index contributed by atoms with van der Waals surface area (Å²) in [5.41, 5.74) is 9.06. The van der Waals surface area contributed by atoms with Gasteiger partial charge in [0.05, 0.1) is 12.4 Å². The maximum atomic E-state index is 5.70. The van der Waals surface area contributed by atoms with E-state index in [9.17, 15) is 0 Å². The lowest BCUT2D eigenvalue weighted by atomic mass is 10.1. The number of hydrogen-bond donors (Lipinski definition) is 1. The lowest BCUT2D eigenvalue weighted by Gasteiger charge is -2.17. The molecule has 0 saturated heterocycles. The predicted octanol–water partition coefficient (Wildman–Crippen LogP) is 3.03. The Morgan fingerprint density at radius 2 is 2.00 bits per heavy atom. The number of aryl methyl sites for hydroxylation is 1. The SMILES string of the molecule is CCCc1cncn1C(C)c1ccc(N)cc1. The van der Waals surface area contributed by atoms with Crippen molar-refractivity contribution in [3.63, 3.8) is 0 Å². The molecule has 1 aromatic carbocycles. The summed E-state index contributed by atoms with van der Waals surface area (Å²) in [5.74, 6) is 0. The Morgan fingerprint density at radius 3 is 2.65 bits per heavy atom. The Bertz CT molecular complexity index is 470. The van der Waals surface area contributed by atoms with Crippen LogP contribution in [0.15, 0.2) is 36.8 Å². The lowest BCUT2D eigenvalue weighted by Crippen LogP contribution is -2.09. The van der Waals surface area contributed by atoms with E-state index in [1.165, 1.54) is 11.3 Å². The van der Waals surface area contributed by atoms with E-state index in [1.807, 2.05) is 24.7 Å². The van der Waals surface area contributed by atoms with Crippen LogP contribution in [0.4, 0.5) is 5.69 Å². The molecule has 1 unspecified atom stereocenters. The molecule has 0 fully saturated rings. The van der Waals surface area contributed by atoms with Gasteiger partial charge >= 0.3 is 0 Å². The summed E-state index contributed by atoms with van der Waals surface area (Å²) in [6.45, 7) is 4.37. The summed E-state index contributed by atoms with van der Waals surface area (Å²) in [7, 11) is 0. The highest BCUT2D eigenvalue weighted by Crippen LogP contribution is 2.21. The smallest absolute Gasteiger partial charge is 0.0953 e. The van der Waals surface area contributed by atoms with Gasteiger partial charge in [0.15, 0.2) is 0 Å². The van der Waals surface area contributed by atoms with Gasteiger partial charge in [0.1, 0.15) is 0 Å². The molecule has 1 atom stereocenters. The number of rotatable bonds is 4. The van der Waals surface area contributed by atoms with Crippen molar-refractivity contribution in [2.24, 2.45) is 0 Å². The van der Waals surface area contributed by atoms with Gasteiger partial charge in [-0.2, -0.15) is 0 Å². The Hall–Kier alpha value is -1.77. The third-order valence-corrected chi connectivity index (χ3v) is 3.09. The Balaban J connectivity index is 2.26. The van der Waals surface area contributed by atoms with Crippen LogP contribution in [0, 0.1) is 0 Å². The second-order valence-electron chi connectivity index (χ2n) is 4.38. The van der Waals surface area contributed by atoms with Crippen molar-refractivity contribution in [2.45, 2.75) is 32.7 Å². The minimum absolute atomic E-state index is 0.305. The van der Waals surface area contributed by atoms with Crippen LogP contribution in [0.5, 0.6) is 0 Å². The first-order valence-corrected chi connectivity index (χ1v) is 6.08. The van der Waals surface area contributed by atoms with E-state index >= 15 is 0 Å². The van der Waals surface area contributed by atoms with E-state index in [0.29, 0.717) is 6.04 Å². The Morgan fingerprint density at radius 1 is 1.29 bits per heavy atom. The number of hydrogen-bond acceptors (Lipinski definition) is 2. The number of aromatic nitrogens is 2. The van der Waals surface area contributed by atoms with Crippen LogP contribution in [0.2, 0.25) is 0 Å². The van der Waals surface area contributed by atoms with Crippen LogP contribution in [-0.4, -0.2) is 9.55 Å². The summed E-state index contributed by atoms with van der Waals surface area (Å²) >= 11 is 0. The van der Waals surface area contributed by atoms with Crippen molar-refractivity contribution in [3.8, 4) is 0 Å². The molecule has 3 nitrogen and oxygen atoms in total. The molecule has 0 bridgehead atoms. The highest BCUT2D eigenvalue weighted by molar-refractivity contribution is 5.40. The van der Waals surface area contributed by atoms with Crippen LogP contribution >= 0.6 is 0 Å². The van der Waals surface area contributed by atoms with Crippen LogP contribution < -0.4 is 5.73 Å². The van der Waals surface area contributed by atoms with E-state index in [0.717, 1.165) is 18.5 Å². The number of imidazole rings is 1. The third kappa shape index (κ3) is 2.49. The topological polar surface area (TPSA) is 43.8 Å². The first-order chi connectivity index (χ1) is 8.22. The third-order valence-electron chi connectivity index (χ3n) is 3.09. The quantitative estimate of drug-likeness (QED) is 0.819. The van der Waals surface area contributed by atoms with Crippen molar-refractivity contribution in [1.29, 1.82) is 0 Å². The molecule has 0 radical (unpaired) electrons. The van der Waals surface area contributed by atoms with Gasteiger partial charge in [-0.15, -0.1) is 0 Å². The standard InChI is InChI=1S/C14H19N3/c1-3-4-14-9-16-10-17(14)11(2)12-5-7-13(15)8-6-12/h5-11H,3-4,15H2,1-2H3. The Kier molecular flexibility index (Phi) is 3.47. The molecule has 1 heterocycles. The van der Waals surface area contributed by atoms with Crippen LogP contribution in [0.3, 0.4) is 0 Å². The van der Waals surface area contributed by atoms with Crippen molar-refractivity contribution < 1.29 is 0 Å². The van der Waals surface area contributed by atoms with Gasteiger partial charge in [0, 0.05) is 17.6 Å². The second kappa shape index (κ2) is 5.04. The first-order valence-electron chi connectivity index (χ1n) is 6.08. The summed E-state index contributed by atoms with van der Waals surface area (Å²) in [6, 6.07) is 8.36. The molecule has 0 aliphatic heterocycles. The van der Waals surface area contributed by atoms with Gasteiger partial charge < -0.3 is 10.3 Å². The number of benzene rings is 1. The maximum Gasteiger partial charge on any atom is 0.0953 e. The lowest BCUT2D eigenvalue weighted by molar-refractivity contribution is 0.604. The molecule has 2 rings (SSSR count). The van der Waals surface area contributed by atoms with Gasteiger partial charge in [0.25, 0.3) is 0 Å². The molecule has 0 aliphatic carbocycles. The number of nitrogen functional groups attached to an aromatic ring is 1. The van der Waals surface area contributed by atoms with Crippen LogP contribution in [0.25, 0.3) is 0 Å². The molecular formula is C14H19N3. The van der Waals surface area contributed by atoms with Gasteiger partial charge in [0.2, 0.25) is 0 Å². The summed E-state index contributed by atoms with van der Waals surface area (Å²) in [5, 5.41) is 0. The number of anilines is 1. The van der Waals surface area contributed by atoms with E-state index in [-0.39, 0.29) is 0 Å². The molecule has 3 heteroatoms. The van der Waals surface area contributed by atoms with Crippen molar-refractivity contribution >= 4 is 5.69 Å². The van der Waals surface area contributed by atoms with Crippen molar-refractivity contribution in [1.82, 2.24) is 9.55 Å².